The molecule has 1 heterocycles. The van der Waals surface area contributed by atoms with Gasteiger partial charge in [-0.1, -0.05) is 6.07 Å². The molecule has 4 aromatic rings. The van der Waals surface area contributed by atoms with Crippen LogP contribution in [0.25, 0.3) is 11.0 Å². The highest BCUT2D eigenvalue weighted by Gasteiger charge is 2.32. The number of aromatic nitrogens is 2. The lowest BCUT2D eigenvalue weighted by molar-refractivity contribution is -0.137. The largest absolute Gasteiger partial charge is 0.497 e. The molecule has 0 saturated carbocycles. The van der Waals surface area contributed by atoms with Crippen molar-refractivity contribution in [1.29, 1.82) is 0 Å². The summed E-state index contributed by atoms with van der Waals surface area (Å²) in [5, 5.41) is 7.13. The van der Waals surface area contributed by atoms with Gasteiger partial charge in [0.05, 0.1) is 18.4 Å². The van der Waals surface area contributed by atoms with Gasteiger partial charge in [0, 0.05) is 0 Å². The average Bonchev–Trinajstić information content (AvgIpc) is 3.23. The highest BCUT2D eigenvalue weighted by atomic mass is 32.2. The van der Waals surface area contributed by atoms with Gasteiger partial charge in [0.25, 0.3) is 10.0 Å². The number of halogens is 3. The van der Waals surface area contributed by atoms with Crippen LogP contribution in [0, 0.1) is 0 Å². The maximum absolute atomic E-state index is 13.3. The summed E-state index contributed by atoms with van der Waals surface area (Å²) >= 11 is 0. The Kier molecular flexibility index (Phi) is 5.38. The third-order valence-corrected chi connectivity index (χ3v) is 5.77. The van der Waals surface area contributed by atoms with Crippen molar-refractivity contribution in [2.24, 2.45) is 0 Å². The zero-order valence-corrected chi connectivity index (χ0v) is 17.1. The quantitative estimate of drug-likeness (QED) is 0.434. The molecule has 0 radical (unpaired) electrons. The molecule has 4 rings (SSSR count). The first-order valence-corrected chi connectivity index (χ1v) is 10.4. The fraction of sp³-hybridized carbons (Fsp3) is 0.100. The molecule has 1 aromatic heterocycles. The molecule has 8 nitrogen and oxygen atoms in total. The Morgan fingerprint density at radius 3 is 2.38 bits per heavy atom. The predicted octanol–water partition coefficient (Wildman–Crippen LogP) is 4.84. The summed E-state index contributed by atoms with van der Waals surface area (Å²) in [6.07, 6.45) is -4.70. The van der Waals surface area contributed by atoms with Crippen LogP contribution in [-0.4, -0.2) is 25.8 Å². The number of alkyl halides is 3. The molecule has 0 aliphatic heterocycles. The molecule has 12 heteroatoms. The van der Waals surface area contributed by atoms with Crippen molar-refractivity contribution in [1.82, 2.24) is 10.3 Å². The molecular formula is C20H14F3N3O5S. The van der Waals surface area contributed by atoms with Crippen molar-refractivity contribution in [3.05, 3.63) is 66.2 Å². The lowest BCUT2D eigenvalue weighted by Gasteiger charge is -2.16. The number of sulfonamides is 1. The molecule has 3 aromatic carbocycles. The Morgan fingerprint density at radius 1 is 0.969 bits per heavy atom. The Labute approximate surface area is 179 Å². The number of methoxy groups -OCH3 is 1. The fourth-order valence-electron chi connectivity index (χ4n) is 2.84. The molecule has 0 atom stereocenters. The molecule has 0 spiro atoms. The van der Waals surface area contributed by atoms with Gasteiger partial charge in [-0.3, -0.25) is 4.72 Å². The zero-order chi connectivity index (χ0) is 22.9. The SMILES string of the molecule is COc1ccc(Oc2ccc(C(F)(F)F)cc2NS(=O)(=O)c2cccc3nonc23)cc1. The first-order valence-electron chi connectivity index (χ1n) is 8.94. The van der Waals surface area contributed by atoms with E-state index in [1.807, 2.05) is 0 Å². The van der Waals surface area contributed by atoms with Crippen LogP contribution in [0.15, 0.2) is 70.2 Å². The van der Waals surface area contributed by atoms with Crippen molar-refractivity contribution >= 4 is 26.7 Å². The Morgan fingerprint density at radius 2 is 1.69 bits per heavy atom. The minimum atomic E-state index is -4.70. The smallest absolute Gasteiger partial charge is 0.416 e. The maximum atomic E-state index is 13.3. The second-order valence-corrected chi connectivity index (χ2v) is 8.13. The van der Waals surface area contributed by atoms with Crippen LogP contribution >= 0.6 is 0 Å². The topological polar surface area (TPSA) is 104 Å². The van der Waals surface area contributed by atoms with E-state index in [0.29, 0.717) is 11.8 Å². The number of anilines is 1. The van der Waals surface area contributed by atoms with Crippen molar-refractivity contribution in [3.63, 3.8) is 0 Å². The van der Waals surface area contributed by atoms with E-state index in [2.05, 4.69) is 19.7 Å². The van der Waals surface area contributed by atoms with Crippen LogP contribution in [0.5, 0.6) is 17.2 Å². The minimum absolute atomic E-state index is 0.0652. The molecule has 0 unspecified atom stereocenters. The molecule has 1 N–H and O–H groups in total. The van der Waals surface area contributed by atoms with E-state index in [-0.39, 0.29) is 27.4 Å². The third-order valence-electron chi connectivity index (χ3n) is 4.38. The number of nitrogens with zero attached hydrogens (tertiary/aromatic N) is 2. The second-order valence-electron chi connectivity index (χ2n) is 6.48. The maximum Gasteiger partial charge on any atom is 0.416 e. The van der Waals surface area contributed by atoms with Crippen molar-refractivity contribution < 1.29 is 35.7 Å². The normalized spacial score (nSPS) is 12.0. The van der Waals surface area contributed by atoms with Crippen molar-refractivity contribution in [2.45, 2.75) is 11.1 Å². The molecule has 0 aliphatic rings. The molecule has 0 aliphatic carbocycles. The van der Waals surface area contributed by atoms with Crippen molar-refractivity contribution in [3.8, 4) is 17.2 Å². The highest BCUT2D eigenvalue weighted by molar-refractivity contribution is 7.93. The van der Waals surface area contributed by atoms with Gasteiger partial charge in [-0.25, -0.2) is 13.0 Å². The third kappa shape index (κ3) is 4.30. The number of ether oxygens (including phenoxy) is 2. The van der Waals surface area contributed by atoms with Crippen LogP contribution < -0.4 is 14.2 Å². The van der Waals surface area contributed by atoms with Gasteiger partial charge < -0.3 is 9.47 Å². The highest BCUT2D eigenvalue weighted by Crippen LogP contribution is 2.38. The first-order chi connectivity index (χ1) is 15.2. The summed E-state index contributed by atoms with van der Waals surface area (Å²) in [6, 6.07) is 12.8. The van der Waals surface area contributed by atoms with Gasteiger partial charge in [0.2, 0.25) is 0 Å². The van der Waals surface area contributed by atoms with E-state index in [1.165, 1.54) is 37.4 Å². The van der Waals surface area contributed by atoms with Crippen LogP contribution in [0.2, 0.25) is 0 Å². The van der Waals surface area contributed by atoms with E-state index in [9.17, 15) is 21.6 Å². The first kappa shape index (κ1) is 21.4. The molecule has 0 amide bonds. The van der Waals surface area contributed by atoms with Crippen LogP contribution in [-0.2, 0) is 16.2 Å². The van der Waals surface area contributed by atoms with E-state index < -0.39 is 27.5 Å². The standard InChI is InChI=1S/C20H14F3N3O5S/c1-29-13-6-8-14(9-7-13)30-17-10-5-12(20(21,22)23)11-16(17)26-32(27,28)18-4-2-3-15-19(18)25-31-24-15/h2-11,26H,1H3. The summed E-state index contributed by atoms with van der Waals surface area (Å²) in [6.45, 7) is 0. The molecule has 166 valence electrons. The Balaban J connectivity index is 1.75. The summed E-state index contributed by atoms with van der Waals surface area (Å²) in [5.74, 6) is 0.658. The van der Waals surface area contributed by atoms with Gasteiger partial charge >= 0.3 is 6.18 Å². The summed E-state index contributed by atoms with van der Waals surface area (Å²) in [7, 11) is -2.90. The van der Waals surface area contributed by atoms with Gasteiger partial charge in [-0.05, 0) is 64.9 Å². The molecule has 0 bridgehead atoms. The molecular weight excluding hydrogens is 451 g/mol. The van der Waals surface area contributed by atoms with E-state index >= 15 is 0 Å². The van der Waals surface area contributed by atoms with E-state index in [4.69, 9.17) is 9.47 Å². The predicted molar refractivity (Wildman–Crippen MR) is 107 cm³/mol. The summed E-state index contributed by atoms with van der Waals surface area (Å²) < 4.78 is 83.2. The number of hydrogen-bond donors (Lipinski definition) is 1. The van der Waals surface area contributed by atoms with Gasteiger partial charge in [-0.15, -0.1) is 0 Å². The second kappa shape index (κ2) is 8.04. The number of hydrogen-bond acceptors (Lipinski definition) is 7. The summed E-state index contributed by atoms with van der Waals surface area (Å²) in [5.41, 5.74) is -1.36. The zero-order valence-electron chi connectivity index (χ0n) is 16.3. The van der Waals surface area contributed by atoms with Gasteiger partial charge in [0.15, 0.2) is 11.3 Å². The van der Waals surface area contributed by atoms with Gasteiger partial charge in [0.1, 0.15) is 21.9 Å². The molecule has 0 fully saturated rings. The Hall–Kier alpha value is -3.80. The number of nitrogens with one attached hydrogen (secondary N) is 1. The summed E-state index contributed by atoms with van der Waals surface area (Å²) in [4.78, 5) is -0.316. The van der Waals surface area contributed by atoms with Crippen molar-refractivity contribution in [2.75, 3.05) is 11.8 Å². The average molecular weight is 465 g/mol. The number of benzene rings is 3. The Bertz CT molecular complexity index is 1370. The van der Waals surface area contributed by atoms with Gasteiger partial charge in [-0.2, -0.15) is 13.2 Å². The van der Waals surface area contributed by atoms with Crippen LogP contribution in [0.1, 0.15) is 5.56 Å². The van der Waals surface area contributed by atoms with Crippen LogP contribution in [0.3, 0.4) is 0 Å². The minimum Gasteiger partial charge on any atom is -0.497 e. The van der Waals surface area contributed by atoms with E-state index in [0.717, 1.165) is 12.1 Å². The lowest BCUT2D eigenvalue weighted by atomic mass is 10.2. The molecule has 32 heavy (non-hydrogen) atoms. The molecule has 0 saturated heterocycles. The number of rotatable bonds is 6. The fourth-order valence-corrected chi connectivity index (χ4v) is 4.06. The van der Waals surface area contributed by atoms with Crippen LogP contribution in [0.4, 0.5) is 18.9 Å². The number of fused-ring (bicyclic) bond motifs is 1. The lowest BCUT2D eigenvalue weighted by Crippen LogP contribution is -2.15. The monoisotopic (exact) mass is 465 g/mol. The van der Waals surface area contributed by atoms with E-state index in [1.54, 1.807) is 12.1 Å².